The van der Waals surface area contributed by atoms with E-state index >= 15 is 0 Å². The van der Waals surface area contributed by atoms with Gasteiger partial charge in [-0.2, -0.15) is 13.2 Å². The highest BCUT2D eigenvalue weighted by atomic mass is 32.2. The molecule has 0 radical (unpaired) electrons. The Kier molecular flexibility index (Phi) is 7.74. The molecule has 1 heterocycles. The highest BCUT2D eigenvalue weighted by molar-refractivity contribution is 7.86. The molecule has 0 bridgehead atoms. The number of aromatic nitrogens is 1. The summed E-state index contributed by atoms with van der Waals surface area (Å²) in [7, 11) is -6.09. The second-order valence-corrected chi connectivity index (χ2v) is 5.47. The molecule has 0 aliphatic heterocycles. The maximum atomic E-state index is 10.7. The zero-order chi connectivity index (χ0) is 15.8. The van der Waals surface area contributed by atoms with Gasteiger partial charge in [-0.05, 0) is 12.5 Å². The number of hydrogen-bond acceptors (Lipinski definition) is 3. The topological polar surface area (TPSA) is 61.1 Å². The first-order chi connectivity index (χ1) is 9.11. The normalized spacial score (nSPS) is 11.7. The zero-order valence-corrected chi connectivity index (χ0v) is 12.2. The van der Waals surface area contributed by atoms with Gasteiger partial charge in [0.1, 0.15) is 6.54 Å². The van der Waals surface area contributed by atoms with Crippen LogP contribution in [-0.4, -0.2) is 18.5 Å². The van der Waals surface area contributed by atoms with E-state index in [9.17, 15) is 13.2 Å². The lowest BCUT2D eigenvalue weighted by Gasteiger charge is -2.08. The Labute approximate surface area is 117 Å². The predicted octanol–water partition coefficient (Wildman–Crippen LogP) is 2.39. The van der Waals surface area contributed by atoms with Crippen LogP contribution in [0.1, 0.15) is 32.3 Å². The van der Waals surface area contributed by atoms with Gasteiger partial charge in [-0.15, -0.1) is 0 Å². The van der Waals surface area contributed by atoms with Gasteiger partial charge in [0.2, 0.25) is 0 Å². The van der Waals surface area contributed by atoms with Gasteiger partial charge in [-0.3, -0.25) is 0 Å². The Morgan fingerprint density at radius 1 is 1.25 bits per heavy atom. The molecule has 20 heavy (non-hydrogen) atoms. The minimum atomic E-state index is -6.09. The van der Waals surface area contributed by atoms with E-state index in [0.717, 1.165) is 6.54 Å². The van der Waals surface area contributed by atoms with Crippen LogP contribution in [-0.2, 0) is 23.1 Å². The molecule has 0 atom stereocenters. The van der Waals surface area contributed by atoms with E-state index in [1.807, 2.05) is 0 Å². The average molecular weight is 313 g/mol. The van der Waals surface area contributed by atoms with Crippen LogP contribution in [0.5, 0.6) is 0 Å². The van der Waals surface area contributed by atoms with E-state index in [1.165, 1.54) is 24.8 Å². The number of rotatable bonds is 4. The molecular weight excluding hydrogens is 295 g/mol. The van der Waals surface area contributed by atoms with Gasteiger partial charge in [0.05, 0.1) is 0 Å². The van der Waals surface area contributed by atoms with Crippen molar-refractivity contribution in [3.63, 3.8) is 0 Å². The first kappa shape index (κ1) is 18.9. The number of hydrogen-bond donors (Lipinski definition) is 0. The monoisotopic (exact) mass is 313 g/mol. The van der Waals surface area contributed by atoms with Crippen LogP contribution in [0.15, 0.2) is 24.5 Å². The third-order valence-corrected chi connectivity index (χ3v) is 2.79. The molecule has 1 aromatic rings. The maximum Gasteiger partial charge on any atom is 0.485 e. The molecule has 0 fully saturated rings. The molecule has 1 rings (SSSR count). The fourth-order valence-corrected chi connectivity index (χ4v) is 1.41. The SMILES string of the molecule is CCCc1ccc[n+](CCC)c1.O=S(=O)([O-])C(F)(F)F. The third-order valence-electron chi connectivity index (χ3n) is 2.22. The quantitative estimate of drug-likeness (QED) is 0.487. The molecule has 0 aromatic carbocycles. The largest absolute Gasteiger partial charge is 0.741 e. The van der Waals surface area contributed by atoms with Gasteiger partial charge >= 0.3 is 5.51 Å². The van der Waals surface area contributed by atoms with E-state index in [-0.39, 0.29) is 0 Å². The average Bonchev–Trinajstić information content (AvgIpc) is 2.28. The van der Waals surface area contributed by atoms with Crippen LogP contribution < -0.4 is 4.57 Å². The van der Waals surface area contributed by atoms with E-state index in [4.69, 9.17) is 13.0 Å². The van der Waals surface area contributed by atoms with Crippen molar-refractivity contribution in [1.82, 2.24) is 0 Å². The minimum absolute atomic E-state index is 1.14. The molecule has 0 aliphatic carbocycles. The summed E-state index contributed by atoms with van der Waals surface area (Å²) in [6, 6.07) is 4.34. The van der Waals surface area contributed by atoms with Crippen molar-refractivity contribution in [3.05, 3.63) is 30.1 Å². The number of halogens is 3. The van der Waals surface area contributed by atoms with Crippen LogP contribution in [0.4, 0.5) is 13.2 Å². The molecule has 0 aliphatic rings. The molecular formula is C12H18F3NO3S. The summed E-state index contributed by atoms with van der Waals surface area (Å²) in [5, 5.41) is 0. The summed E-state index contributed by atoms with van der Waals surface area (Å²) in [4.78, 5) is 0. The Morgan fingerprint density at radius 2 is 1.80 bits per heavy atom. The molecule has 0 spiro atoms. The van der Waals surface area contributed by atoms with Crippen LogP contribution >= 0.6 is 0 Å². The van der Waals surface area contributed by atoms with Gasteiger partial charge in [0.25, 0.3) is 0 Å². The summed E-state index contributed by atoms with van der Waals surface area (Å²) in [5.74, 6) is 0. The Bertz CT molecular complexity index is 480. The summed E-state index contributed by atoms with van der Waals surface area (Å²) in [6.07, 6.45) is 8.04. The highest BCUT2D eigenvalue weighted by Crippen LogP contribution is 2.20. The standard InChI is InChI=1S/C11H18N.CHF3O3S/c1-3-6-11-7-5-9-12(10-11)8-4-2;2-1(3,4)8(5,6)7/h5,7,9-10H,3-4,6,8H2,1-2H3;(H,5,6,7)/q+1;/p-1. The van der Waals surface area contributed by atoms with Crippen molar-refractivity contribution in [2.45, 2.75) is 45.2 Å². The van der Waals surface area contributed by atoms with Crippen molar-refractivity contribution in [3.8, 4) is 0 Å². The predicted molar refractivity (Wildman–Crippen MR) is 66.7 cm³/mol. The molecule has 4 nitrogen and oxygen atoms in total. The Hall–Kier alpha value is -1.15. The molecule has 1 aromatic heterocycles. The lowest BCUT2D eigenvalue weighted by molar-refractivity contribution is -0.697. The van der Waals surface area contributed by atoms with Crippen LogP contribution in [0.2, 0.25) is 0 Å². The second-order valence-electron chi connectivity index (χ2n) is 4.10. The number of aryl methyl sites for hydroxylation is 2. The first-order valence-electron chi connectivity index (χ1n) is 6.12. The fraction of sp³-hybridized carbons (Fsp3) is 0.583. The van der Waals surface area contributed by atoms with E-state index in [1.54, 1.807) is 0 Å². The molecule has 116 valence electrons. The summed E-state index contributed by atoms with van der Waals surface area (Å²) >= 11 is 0. The van der Waals surface area contributed by atoms with E-state index < -0.39 is 15.6 Å². The van der Waals surface area contributed by atoms with Gasteiger partial charge < -0.3 is 4.55 Å². The second kappa shape index (κ2) is 8.21. The van der Waals surface area contributed by atoms with Crippen molar-refractivity contribution >= 4 is 10.1 Å². The molecule has 0 saturated heterocycles. The van der Waals surface area contributed by atoms with E-state index in [2.05, 4.69) is 42.9 Å². The lowest BCUT2D eigenvalue weighted by atomic mass is 10.2. The fourth-order valence-electron chi connectivity index (χ4n) is 1.41. The number of pyridine rings is 1. The summed E-state index contributed by atoms with van der Waals surface area (Å²) in [5.41, 5.74) is -4.19. The summed E-state index contributed by atoms with van der Waals surface area (Å²) < 4.78 is 61.2. The third kappa shape index (κ3) is 7.44. The van der Waals surface area contributed by atoms with Crippen LogP contribution in [0.3, 0.4) is 0 Å². The van der Waals surface area contributed by atoms with E-state index in [0.29, 0.717) is 0 Å². The molecule has 0 N–H and O–H groups in total. The molecule has 0 unspecified atom stereocenters. The molecule has 0 amide bonds. The van der Waals surface area contributed by atoms with Gasteiger partial charge in [0, 0.05) is 18.1 Å². The van der Waals surface area contributed by atoms with Gasteiger partial charge in [-0.25, -0.2) is 13.0 Å². The van der Waals surface area contributed by atoms with Gasteiger partial charge in [0.15, 0.2) is 22.5 Å². The molecule has 8 heteroatoms. The van der Waals surface area contributed by atoms with Crippen molar-refractivity contribution < 1.29 is 30.7 Å². The Morgan fingerprint density at radius 3 is 2.20 bits per heavy atom. The first-order valence-corrected chi connectivity index (χ1v) is 7.52. The van der Waals surface area contributed by atoms with Crippen LogP contribution in [0, 0.1) is 0 Å². The minimum Gasteiger partial charge on any atom is -0.741 e. The smallest absolute Gasteiger partial charge is 0.485 e. The van der Waals surface area contributed by atoms with Crippen LogP contribution in [0.25, 0.3) is 0 Å². The molecule has 0 saturated carbocycles. The number of nitrogens with zero attached hydrogens (tertiary/aromatic N) is 1. The maximum absolute atomic E-state index is 10.7. The van der Waals surface area contributed by atoms with Crippen molar-refractivity contribution in [2.75, 3.05) is 0 Å². The number of alkyl halides is 3. The summed E-state index contributed by atoms with van der Waals surface area (Å²) in [6.45, 7) is 5.56. The van der Waals surface area contributed by atoms with Crippen molar-refractivity contribution in [1.29, 1.82) is 0 Å². The Balaban J connectivity index is 0.000000396. The zero-order valence-electron chi connectivity index (χ0n) is 11.4. The highest BCUT2D eigenvalue weighted by Gasteiger charge is 2.36. The lowest BCUT2D eigenvalue weighted by Crippen LogP contribution is -2.32. The van der Waals surface area contributed by atoms with Gasteiger partial charge in [-0.1, -0.05) is 20.3 Å². The van der Waals surface area contributed by atoms with Crippen molar-refractivity contribution in [2.24, 2.45) is 0 Å².